The molecule has 2 saturated heterocycles. The number of ether oxygens (including phenoxy) is 1. The summed E-state index contributed by atoms with van der Waals surface area (Å²) in [5.74, 6) is 0.420. The Kier molecular flexibility index (Phi) is 8.64. The number of morpholine rings is 1. The third-order valence-electron chi connectivity index (χ3n) is 4.89. The maximum absolute atomic E-state index is 12.5. The van der Waals surface area contributed by atoms with Crippen molar-refractivity contribution in [1.29, 1.82) is 0 Å². The van der Waals surface area contributed by atoms with Gasteiger partial charge in [-0.3, -0.25) is 19.4 Å². The summed E-state index contributed by atoms with van der Waals surface area (Å²) in [6.45, 7) is 13.0. The summed E-state index contributed by atoms with van der Waals surface area (Å²) in [6.07, 6.45) is 1.99. The number of carbonyl (C=O) groups is 2. The average molecular weight is 354 g/mol. The van der Waals surface area contributed by atoms with Gasteiger partial charge in [0.25, 0.3) is 0 Å². The molecule has 2 aliphatic rings. The molecule has 0 aliphatic carbocycles. The van der Waals surface area contributed by atoms with Gasteiger partial charge in [-0.05, 0) is 12.8 Å². The molecule has 0 radical (unpaired) electrons. The smallest absolute Gasteiger partial charge is 0.236 e. The quantitative estimate of drug-likeness (QED) is 0.619. The van der Waals surface area contributed by atoms with Gasteiger partial charge in [0.15, 0.2) is 0 Å². The summed E-state index contributed by atoms with van der Waals surface area (Å²) >= 11 is 0. The zero-order valence-electron chi connectivity index (χ0n) is 15.9. The summed E-state index contributed by atoms with van der Waals surface area (Å²) in [6, 6.07) is 0. The number of rotatable bonds is 8. The third kappa shape index (κ3) is 6.56. The second-order valence-electron chi connectivity index (χ2n) is 6.93. The van der Waals surface area contributed by atoms with E-state index in [0.29, 0.717) is 13.1 Å². The van der Waals surface area contributed by atoms with E-state index >= 15 is 0 Å². The van der Waals surface area contributed by atoms with Crippen LogP contribution >= 0.6 is 0 Å². The van der Waals surface area contributed by atoms with Crippen LogP contribution in [0.3, 0.4) is 0 Å². The van der Waals surface area contributed by atoms with Gasteiger partial charge >= 0.3 is 0 Å². The Balaban J connectivity index is 1.71. The van der Waals surface area contributed by atoms with Crippen molar-refractivity contribution in [2.75, 3.05) is 78.7 Å². The van der Waals surface area contributed by atoms with Gasteiger partial charge in [-0.2, -0.15) is 0 Å². The minimum Gasteiger partial charge on any atom is -0.379 e. The van der Waals surface area contributed by atoms with Crippen LogP contribution in [0.1, 0.15) is 26.7 Å². The Bertz CT molecular complexity index is 413. The molecule has 7 heteroatoms. The second kappa shape index (κ2) is 10.7. The van der Waals surface area contributed by atoms with E-state index in [4.69, 9.17) is 4.74 Å². The number of nitrogens with zero attached hydrogens (tertiary/aromatic N) is 4. The van der Waals surface area contributed by atoms with Crippen LogP contribution < -0.4 is 0 Å². The first-order valence-corrected chi connectivity index (χ1v) is 9.72. The highest BCUT2D eigenvalue weighted by molar-refractivity contribution is 5.79. The molecule has 0 aromatic carbocycles. The van der Waals surface area contributed by atoms with Crippen molar-refractivity contribution >= 4 is 11.8 Å². The lowest BCUT2D eigenvalue weighted by Gasteiger charge is -2.36. The molecule has 2 aliphatic heterocycles. The lowest BCUT2D eigenvalue weighted by Crippen LogP contribution is -2.54. The molecule has 7 nitrogen and oxygen atoms in total. The van der Waals surface area contributed by atoms with Crippen LogP contribution in [0.4, 0.5) is 0 Å². The second-order valence-corrected chi connectivity index (χ2v) is 6.93. The van der Waals surface area contributed by atoms with Crippen LogP contribution in [0.2, 0.25) is 0 Å². The van der Waals surface area contributed by atoms with E-state index in [1.54, 1.807) is 0 Å². The maximum Gasteiger partial charge on any atom is 0.236 e. The zero-order valence-corrected chi connectivity index (χ0v) is 15.9. The summed E-state index contributed by atoms with van der Waals surface area (Å²) in [5.41, 5.74) is 0. The van der Waals surface area contributed by atoms with Gasteiger partial charge in [-0.15, -0.1) is 0 Å². The fraction of sp³-hybridized carbons (Fsp3) is 0.889. The summed E-state index contributed by atoms with van der Waals surface area (Å²) in [4.78, 5) is 33.1. The number of carbonyl (C=O) groups excluding carboxylic acids is 2. The SMILES string of the molecule is CCCN(CCC)C(=O)CN1CCN(C(=O)CN2CCOCC2)CC1. The van der Waals surface area contributed by atoms with E-state index < -0.39 is 0 Å². The zero-order chi connectivity index (χ0) is 18.1. The molecule has 0 saturated carbocycles. The first-order chi connectivity index (χ1) is 12.1. The van der Waals surface area contributed by atoms with E-state index in [1.165, 1.54) is 0 Å². The van der Waals surface area contributed by atoms with Crippen molar-refractivity contribution < 1.29 is 14.3 Å². The Morgan fingerprint density at radius 1 is 0.840 bits per heavy atom. The van der Waals surface area contributed by atoms with E-state index in [1.807, 2.05) is 9.80 Å². The third-order valence-corrected chi connectivity index (χ3v) is 4.89. The van der Waals surface area contributed by atoms with E-state index in [9.17, 15) is 9.59 Å². The van der Waals surface area contributed by atoms with Crippen LogP contribution in [0.25, 0.3) is 0 Å². The van der Waals surface area contributed by atoms with Crippen LogP contribution in [0.15, 0.2) is 0 Å². The molecular weight excluding hydrogens is 320 g/mol. The normalized spacial score (nSPS) is 19.8. The molecular formula is C18H34N4O3. The molecule has 2 rings (SSSR count). The van der Waals surface area contributed by atoms with E-state index in [2.05, 4.69) is 23.6 Å². The fourth-order valence-electron chi connectivity index (χ4n) is 3.40. The average Bonchev–Trinajstić information content (AvgIpc) is 2.63. The topological polar surface area (TPSA) is 56.3 Å². The van der Waals surface area contributed by atoms with Crippen LogP contribution in [-0.4, -0.2) is 110 Å². The van der Waals surface area contributed by atoms with E-state index in [-0.39, 0.29) is 11.8 Å². The van der Waals surface area contributed by atoms with Crippen molar-refractivity contribution in [3.8, 4) is 0 Å². The molecule has 2 heterocycles. The standard InChI is InChI=1S/C18H34N4O3/c1-3-5-21(6-4-2)17(23)15-19-7-9-22(10-8-19)18(24)16-20-11-13-25-14-12-20/h3-16H2,1-2H3. The lowest BCUT2D eigenvalue weighted by atomic mass is 10.2. The molecule has 25 heavy (non-hydrogen) atoms. The summed E-state index contributed by atoms with van der Waals surface area (Å²) in [7, 11) is 0. The maximum atomic E-state index is 12.5. The lowest BCUT2D eigenvalue weighted by molar-refractivity contribution is -0.136. The van der Waals surface area contributed by atoms with Gasteiger partial charge in [0.05, 0.1) is 26.3 Å². The predicted molar refractivity (Wildman–Crippen MR) is 97.4 cm³/mol. The molecule has 2 amide bonds. The molecule has 0 unspecified atom stereocenters. The monoisotopic (exact) mass is 354 g/mol. The van der Waals surface area contributed by atoms with Gasteiger partial charge < -0.3 is 14.5 Å². The Hall–Kier alpha value is -1.18. The molecule has 144 valence electrons. The van der Waals surface area contributed by atoms with Gasteiger partial charge in [0.2, 0.25) is 11.8 Å². The fourth-order valence-corrected chi connectivity index (χ4v) is 3.40. The highest BCUT2D eigenvalue weighted by Crippen LogP contribution is 2.06. The number of piperazine rings is 1. The van der Waals surface area contributed by atoms with Crippen molar-refractivity contribution in [3.63, 3.8) is 0 Å². The summed E-state index contributed by atoms with van der Waals surface area (Å²) < 4.78 is 5.32. The van der Waals surface area contributed by atoms with Crippen molar-refractivity contribution in [2.24, 2.45) is 0 Å². The van der Waals surface area contributed by atoms with Crippen LogP contribution in [-0.2, 0) is 14.3 Å². The molecule has 0 bridgehead atoms. The Morgan fingerprint density at radius 3 is 1.96 bits per heavy atom. The molecule has 0 spiro atoms. The highest BCUT2D eigenvalue weighted by atomic mass is 16.5. The van der Waals surface area contributed by atoms with Gasteiger partial charge in [0.1, 0.15) is 0 Å². The molecule has 0 N–H and O–H groups in total. The largest absolute Gasteiger partial charge is 0.379 e. The number of hydrogen-bond acceptors (Lipinski definition) is 5. The molecule has 0 aromatic heterocycles. The van der Waals surface area contributed by atoms with Crippen molar-refractivity contribution in [2.45, 2.75) is 26.7 Å². The van der Waals surface area contributed by atoms with Gasteiger partial charge in [-0.25, -0.2) is 0 Å². The van der Waals surface area contributed by atoms with Gasteiger partial charge in [-0.1, -0.05) is 13.8 Å². The Labute approximate surface area is 151 Å². The summed E-state index contributed by atoms with van der Waals surface area (Å²) in [5, 5.41) is 0. The van der Waals surface area contributed by atoms with Gasteiger partial charge in [0, 0.05) is 52.4 Å². The number of amides is 2. The first kappa shape index (κ1) is 20.1. The van der Waals surface area contributed by atoms with E-state index in [0.717, 1.165) is 78.4 Å². The van der Waals surface area contributed by atoms with Crippen LogP contribution in [0, 0.1) is 0 Å². The minimum atomic E-state index is 0.200. The minimum absolute atomic E-state index is 0.200. The van der Waals surface area contributed by atoms with Crippen molar-refractivity contribution in [1.82, 2.24) is 19.6 Å². The Morgan fingerprint density at radius 2 is 1.40 bits per heavy atom. The molecule has 2 fully saturated rings. The van der Waals surface area contributed by atoms with Crippen LogP contribution in [0.5, 0.6) is 0 Å². The molecule has 0 atom stereocenters. The number of hydrogen-bond donors (Lipinski definition) is 0. The predicted octanol–water partition coefficient (Wildman–Crippen LogP) is 0.111. The first-order valence-electron chi connectivity index (χ1n) is 9.72. The van der Waals surface area contributed by atoms with Crippen molar-refractivity contribution in [3.05, 3.63) is 0 Å². The highest BCUT2D eigenvalue weighted by Gasteiger charge is 2.25. The molecule has 0 aromatic rings.